The molecule has 1 amide bonds. The molecule has 1 atom stereocenters. The molecule has 0 aromatic rings. The van der Waals surface area contributed by atoms with Crippen molar-refractivity contribution < 1.29 is 4.79 Å². The van der Waals surface area contributed by atoms with Crippen LogP contribution in [-0.2, 0) is 4.79 Å². The van der Waals surface area contributed by atoms with Crippen molar-refractivity contribution in [2.75, 3.05) is 6.54 Å². The van der Waals surface area contributed by atoms with Crippen LogP contribution < -0.4 is 11.1 Å². The molecule has 0 heterocycles. The summed E-state index contributed by atoms with van der Waals surface area (Å²) in [6.45, 7) is 9.61. The van der Waals surface area contributed by atoms with Crippen molar-refractivity contribution in [1.82, 2.24) is 5.32 Å². The summed E-state index contributed by atoms with van der Waals surface area (Å²) in [5.74, 6) is -0.174. The fraction of sp³-hybridized carbons (Fsp3) is 0.625. The van der Waals surface area contributed by atoms with Crippen molar-refractivity contribution in [2.24, 2.45) is 5.73 Å². The predicted molar refractivity (Wildman–Crippen MR) is 48.2 cm³/mol. The summed E-state index contributed by atoms with van der Waals surface area (Å²) in [6.07, 6.45) is 1.22. The molecular formula is C8H18N2O. The van der Waals surface area contributed by atoms with Gasteiger partial charge in [-0.15, -0.1) is 0 Å². The second-order valence-corrected chi connectivity index (χ2v) is 1.93. The average molecular weight is 158 g/mol. The summed E-state index contributed by atoms with van der Waals surface area (Å²) in [4.78, 5) is 10.4. The highest BCUT2D eigenvalue weighted by atomic mass is 16.1. The van der Waals surface area contributed by atoms with Gasteiger partial charge in [-0.1, -0.05) is 20.4 Å². The molecule has 0 radical (unpaired) electrons. The van der Waals surface area contributed by atoms with Gasteiger partial charge in [-0.2, -0.15) is 0 Å². The van der Waals surface area contributed by atoms with Crippen LogP contribution >= 0.6 is 0 Å². The summed E-state index contributed by atoms with van der Waals surface area (Å²) >= 11 is 0. The molecule has 0 aliphatic carbocycles. The van der Waals surface area contributed by atoms with Crippen LogP contribution in [0.4, 0.5) is 0 Å². The third-order valence-electron chi connectivity index (χ3n) is 0.784. The van der Waals surface area contributed by atoms with Gasteiger partial charge in [0, 0.05) is 12.6 Å². The maximum Gasteiger partial charge on any atom is 0.243 e. The number of hydrogen-bond acceptors (Lipinski definition) is 2. The molecule has 0 spiro atoms. The van der Waals surface area contributed by atoms with Crippen LogP contribution in [0.3, 0.4) is 0 Å². The zero-order valence-electron chi connectivity index (χ0n) is 7.55. The first-order chi connectivity index (χ1) is 5.16. The van der Waals surface area contributed by atoms with Crippen molar-refractivity contribution in [1.29, 1.82) is 0 Å². The molecule has 0 saturated heterocycles. The highest BCUT2D eigenvalue weighted by Crippen LogP contribution is 1.70. The Labute approximate surface area is 68.7 Å². The van der Waals surface area contributed by atoms with E-state index in [9.17, 15) is 4.79 Å². The minimum absolute atomic E-state index is 0.00824. The van der Waals surface area contributed by atoms with Crippen LogP contribution in [0.25, 0.3) is 0 Å². The summed E-state index contributed by atoms with van der Waals surface area (Å²) < 4.78 is 0. The zero-order valence-corrected chi connectivity index (χ0v) is 7.55. The SMILES string of the molecule is C=CC(=O)NC[C@H](C)N.CC. The monoisotopic (exact) mass is 158 g/mol. The quantitative estimate of drug-likeness (QED) is 0.593. The van der Waals surface area contributed by atoms with Crippen LogP contribution in [0.1, 0.15) is 20.8 Å². The molecule has 0 aliphatic rings. The molecule has 3 N–H and O–H groups in total. The standard InChI is InChI=1S/C6H12N2O.C2H6/c1-3-6(9)8-4-5(2)7;1-2/h3,5H,1,4,7H2,2H3,(H,8,9);1-2H3/t5-;/m0./s1. The van der Waals surface area contributed by atoms with E-state index in [0.29, 0.717) is 6.54 Å². The Hall–Kier alpha value is -0.830. The van der Waals surface area contributed by atoms with Crippen LogP contribution in [-0.4, -0.2) is 18.5 Å². The minimum Gasteiger partial charge on any atom is -0.351 e. The molecule has 11 heavy (non-hydrogen) atoms. The second kappa shape index (κ2) is 9.17. The first kappa shape index (κ1) is 12.8. The molecule has 0 unspecified atom stereocenters. The first-order valence-corrected chi connectivity index (χ1v) is 3.82. The zero-order chi connectivity index (χ0) is 9.28. The lowest BCUT2D eigenvalue weighted by Crippen LogP contribution is -2.34. The summed E-state index contributed by atoms with van der Waals surface area (Å²) in [6, 6.07) is 0.00824. The van der Waals surface area contributed by atoms with E-state index in [2.05, 4.69) is 11.9 Å². The highest BCUT2D eigenvalue weighted by molar-refractivity contribution is 5.86. The van der Waals surface area contributed by atoms with Crippen LogP contribution in [0.2, 0.25) is 0 Å². The van der Waals surface area contributed by atoms with E-state index < -0.39 is 0 Å². The molecule has 0 aromatic carbocycles. The molecule has 3 heteroatoms. The Bertz CT molecular complexity index is 111. The minimum atomic E-state index is -0.174. The van der Waals surface area contributed by atoms with Gasteiger partial charge < -0.3 is 11.1 Å². The maximum absolute atomic E-state index is 10.4. The van der Waals surface area contributed by atoms with Crippen molar-refractivity contribution in [2.45, 2.75) is 26.8 Å². The van der Waals surface area contributed by atoms with Crippen molar-refractivity contribution in [3.8, 4) is 0 Å². The Morgan fingerprint density at radius 3 is 2.45 bits per heavy atom. The van der Waals surface area contributed by atoms with E-state index >= 15 is 0 Å². The van der Waals surface area contributed by atoms with Gasteiger partial charge in [-0.05, 0) is 13.0 Å². The van der Waals surface area contributed by atoms with Crippen LogP contribution in [0.5, 0.6) is 0 Å². The van der Waals surface area contributed by atoms with E-state index in [4.69, 9.17) is 5.73 Å². The molecule has 3 nitrogen and oxygen atoms in total. The van der Waals surface area contributed by atoms with Crippen LogP contribution in [0, 0.1) is 0 Å². The van der Waals surface area contributed by atoms with Gasteiger partial charge in [-0.25, -0.2) is 0 Å². The number of nitrogens with one attached hydrogen (secondary N) is 1. The Morgan fingerprint density at radius 1 is 1.73 bits per heavy atom. The number of rotatable bonds is 3. The van der Waals surface area contributed by atoms with Crippen molar-refractivity contribution in [3.63, 3.8) is 0 Å². The first-order valence-electron chi connectivity index (χ1n) is 3.82. The van der Waals surface area contributed by atoms with Gasteiger partial charge in [0.05, 0.1) is 0 Å². The van der Waals surface area contributed by atoms with E-state index in [-0.39, 0.29) is 11.9 Å². The van der Waals surface area contributed by atoms with Crippen molar-refractivity contribution in [3.05, 3.63) is 12.7 Å². The Morgan fingerprint density at radius 2 is 2.18 bits per heavy atom. The third kappa shape index (κ3) is 12.4. The largest absolute Gasteiger partial charge is 0.351 e. The Kier molecular flexibility index (Phi) is 10.7. The van der Waals surface area contributed by atoms with Gasteiger partial charge in [0.1, 0.15) is 0 Å². The second-order valence-electron chi connectivity index (χ2n) is 1.93. The maximum atomic E-state index is 10.4. The summed E-state index contributed by atoms with van der Waals surface area (Å²) in [5.41, 5.74) is 5.35. The lowest BCUT2D eigenvalue weighted by molar-refractivity contribution is -0.116. The molecule has 0 aromatic heterocycles. The lowest BCUT2D eigenvalue weighted by atomic mass is 10.3. The molecule has 0 fully saturated rings. The van der Waals surface area contributed by atoms with Gasteiger partial charge in [0.15, 0.2) is 0 Å². The molecular weight excluding hydrogens is 140 g/mol. The molecule has 0 rings (SSSR count). The lowest BCUT2D eigenvalue weighted by Gasteiger charge is -2.03. The van der Waals surface area contributed by atoms with Crippen molar-refractivity contribution >= 4 is 5.91 Å². The number of carbonyl (C=O) groups is 1. The summed E-state index contributed by atoms with van der Waals surface area (Å²) in [5, 5.41) is 2.55. The van der Waals surface area contributed by atoms with Gasteiger partial charge >= 0.3 is 0 Å². The van der Waals surface area contributed by atoms with E-state index in [1.807, 2.05) is 20.8 Å². The van der Waals surface area contributed by atoms with E-state index in [1.54, 1.807) is 0 Å². The third-order valence-corrected chi connectivity index (χ3v) is 0.784. The fourth-order valence-corrected chi connectivity index (χ4v) is 0.334. The highest BCUT2D eigenvalue weighted by Gasteiger charge is 1.94. The predicted octanol–water partition coefficient (Wildman–Crippen LogP) is 0.662. The summed E-state index contributed by atoms with van der Waals surface area (Å²) in [7, 11) is 0. The normalized spacial score (nSPS) is 10.5. The Balaban J connectivity index is 0. The number of carbonyl (C=O) groups excluding carboxylic acids is 1. The molecule has 0 saturated carbocycles. The fourth-order valence-electron chi connectivity index (χ4n) is 0.334. The van der Waals surface area contributed by atoms with Gasteiger partial charge in [0.25, 0.3) is 0 Å². The number of hydrogen-bond donors (Lipinski definition) is 2. The van der Waals surface area contributed by atoms with E-state index in [1.165, 1.54) is 6.08 Å². The molecule has 0 aliphatic heterocycles. The number of amides is 1. The molecule has 66 valence electrons. The topological polar surface area (TPSA) is 55.1 Å². The van der Waals surface area contributed by atoms with E-state index in [0.717, 1.165) is 0 Å². The van der Waals surface area contributed by atoms with Gasteiger partial charge in [-0.3, -0.25) is 4.79 Å². The number of nitrogens with two attached hydrogens (primary N) is 1. The smallest absolute Gasteiger partial charge is 0.243 e. The van der Waals surface area contributed by atoms with Gasteiger partial charge in [0.2, 0.25) is 5.91 Å². The molecule has 0 bridgehead atoms. The van der Waals surface area contributed by atoms with Crippen LogP contribution in [0.15, 0.2) is 12.7 Å². The average Bonchev–Trinajstić information content (AvgIpc) is 2.04.